The van der Waals surface area contributed by atoms with Crippen LogP contribution in [0, 0.1) is 12.8 Å². The van der Waals surface area contributed by atoms with E-state index < -0.39 is 0 Å². The fourth-order valence-electron chi connectivity index (χ4n) is 2.60. The van der Waals surface area contributed by atoms with Gasteiger partial charge in [0.2, 0.25) is 0 Å². The monoisotopic (exact) mass is 252 g/mol. The van der Waals surface area contributed by atoms with E-state index in [-0.39, 0.29) is 11.9 Å². The van der Waals surface area contributed by atoms with Crippen LogP contribution < -0.4 is 5.73 Å². The van der Waals surface area contributed by atoms with Crippen molar-refractivity contribution in [1.29, 1.82) is 0 Å². The predicted octanol–water partition coefficient (Wildman–Crippen LogP) is 2.26. The van der Waals surface area contributed by atoms with E-state index in [1.54, 1.807) is 11.3 Å². The van der Waals surface area contributed by atoms with Crippen LogP contribution in [0.3, 0.4) is 0 Å². The maximum atomic E-state index is 12.5. The lowest BCUT2D eigenvalue weighted by molar-refractivity contribution is 0.0532. The Balaban J connectivity index is 2.21. The third kappa shape index (κ3) is 2.38. The van der Waals surface area contributed by atoms with Gasteiger partial charge in [-0.05, 0) is 36.6 Å². The highest BCUT2D eigenvalue weighted by molar-refractivity contribution is 7.08. The molecular weight excluding hydrogens is 232 g/mol. The summed E-state index contributed by atoms with van der Waals surface area (Å²) >= 11 is 1.59. The first kappa shape index (κ1) is 12.6. The number of hydrogen-bond acceptors (Lipinski definition) is 3. The van der Waals surface area contributed by atoms with Crippen molar-refractivity contribution in [2.75, 3.05) is 13.1 Å². The number of nitrogens with two attached hydrogens (primary N) is 1. The van der Waals surface area contributed by atoms with Crippen molar-refractivity contribution in [1.82, 2.24) is 4.90 Å². The van der Waals surface area contributed by atoms with E-state index in [2.05, 4.69) is 6.92 Å². The number of carbonyl (C=O) groups excluding carboxylic acids is 1. The second-order valence-electron chi connectivity index (χ2n) is 4.89. The Bertz CT molecular complexity index is 402. The maximum Gasteiger partial charge on any atom is 0.255 e. The van der Waals surface area contributed by atoms with Crippen LogP contribution in [-0.2, 0) is 0 Å². The Hall–Kier alpha value is -0.870. The van der Waals surface area contributed by atoms with Gasteiger partial charge < -0.3 is 10.6 Å². The van der Waals surface area contributed by atoms with Crippen molar-refractivity contribution in [3.8, 4) is 0 Å². The lowest BCUT2D eigenvalue weighted by Gasteiger charge is -2.39. The Morgan fingerprint density at radius 2 is 2.35 bits per heavy atom. The molecule has 0 aromatic carbocycles. The molecule has 0 radical (unpaired) electrons. The van der Waals surface area contributed by atoms with Crippen LogP contribution in [0.15, 0.2) is 10.8 Å². The van der Waals surface area contributed by atoms with Gasteiger partial charge in [0.25, 0.3) is 5.91 Å². The SMILES string of the molecule is Cc1cscc1C(=O)N1CCC[C@@H](C)[C@@H]1CN. The van der Waals surface area contributed by atoms with Crippen LogP contribution in [-0.4, -0.2) is 29.9 Å². The van der Waals surface area contributed by atoms with Crippen LogP contribution in [0.4, 0.5) is 0 Å². The quantitative estimate of drug-likeness (QED) is 0.877. The largest absolute Gasteiger partial charge is 0.334 e. The van der Waals surface area contributed by atoms with E-state index in [9.17, 15) is 4.79 Å². The molecule has 0 saturated carbocycles. The summed E-state index contributed by atoms with van der Waals surface area (Å²) in [7, 11) is 0. The van der Waals surface area contributed by atoms with Crippen molar-refractivity contribution in [2.45, 2.75) is 32.7 Å². The topological polar surface area (TPSA) is 46.3 Å². The van der Waals surface area contributed by atoms with E-state index in [0.29, 0.717) is 12.5 Å². The van der Waals surface area contributed by atoms with Gasteiger partial charge in [-0.15, -0.1) is 0 Å². The van der Waals surface area contributed by atoms with Crippen LogP contribution in [0.25, 0.3) is 0 Å². The molecule has 1 amide bonds. The normalized spacial score (nSPS) is 25.0. The Labute approximate surface area is 107 Å². The van der Waals surface area contributed by atoms with Gasteiger partial charge in [0, 0.05) is 24.5 Å². The lowest BCUT2D eigenvalue weighted by Crippen LogP contribution is -2.51. The minimum Gasteiger partial charge on any atom is -0.334 e. The average molecular weight is 252 g/mol. The summed E-state index contributed by atoms with van der Waals surface area (Å²) in [6.45, 7) is 5.60. The summed E-state index contributed by atoms with van der Waals surface area (Å²) in [6.07, 6.45) is 2.26. The number of carbonyl (C=O) groups is 1. The molecule has 0 bridgehead atoms. The number of hydrogen-bond donors (Lipinski definition) is 1. The molecule has 2 N–H and O–H groups in total. The number of nitrogens with zero attached hydrogens (tertiary/aromatic N) is 1. The minimum atomic E-state index is 0.158. The van der Waals surface area contributed by atoms with Crippen LogP contribution in [0.2, 0.25) is 0 Å². The van der Waals surface area contributed by atoms with Gasteiger partial charge in [0.15, 0.2) is 0 Å². The predicted molar refractivity (Wildman–Crippen MR) is 71.3 cm³/mol. The number of amides is 1. The first-order valence-corrected chi connectivity index (χ1v) is 7.13. The summed E-state index contributed by atoms with van der Waals surface area (Å²) in [4.78, 5) is 14.4. The lowest BCUT2D eigenvalue weighted by atomic mass is 9.90. The first-order chi connectivity index (χ1) is 8.15. The van der Waals surface area contributed by atoms with Gasteiger partial charge in [0.1, 0.15) is 0 Å². The molecule has 4 heteroatoms. The van der Waals surface area contributed by atoms with Crippen LogP contribution in [0.5, 0.6) is 0 Å². The molecule has 17 heavy (non-hydrogen) atoms. The van der Waals surface area contributed by atoms with E-state index in [1.165, 1.54) is 6.42 Å². The molecule has 3 nitrogen and oxygen atoms in total. The molecule has 2 rings (SSSR count). The van der Waals surface area contributed by atoms with Crippen LogP contribution >= 0.6 is 11.3 Å². The van der Waals surface area contributed by atoms with Gasteiger partial charge >= 0.3 is 0 Å². The fraction of sp³-hybridized carbons (Fsp3) is 0.615. The number of likely N-dealkylation sites (tertiary alicyclic amines) is 1. The number of aryl methyl sites for hydroxylation is 1. The van der Waals surface area contributed by atoms with E-state index >= 15 is 0 Å². The molecule has 1 aromatic rings. The number of rotatable bonds is 2. The second-order valence-corrected chi connectivity index (χ2v) is 5.63. The van der Waals surface area contributed by atoms with Gasteiger partial charge in [-0.2, -0.15) is 11.3 Å². The zero-order chi connectivity index (χ0) is 12.4. The molecule has 2 heterocycles. The van der Waals surface area contributed by atoms with Gasteiger partial charge in [0.05, 0.1) is 5.56 Å². The Morgan fingerprint density at radius 3 is 2.94 bits per heavy atom. The summed E-state index contributed by atoms with van der Waals surface area (Å²) in [5.41, 5.74) is 7.75. The van der Waals surface area contributed by atoms with Gasteiger partial charge in [-0.25, -0.2) is 0 Å². The molecule has 0 aliphatic carbocycles. The molecule has 0 spiro atoms. The molecule has 1 aromatic heterocycles. The summed E-state index contributed by atoms with van der Waals surface area (Å²) < 4.78 is 0. The van der Waals surface area contributed by atoms with Crippen molar-refractivity contribution < 1.29 is 4.79 Å². The van der Waals surface area contributed by atoms with Crippen molar-refractivity contribution in [3.63, 3.8) is 0 Å². The molecule has 2 atom stereocenters. The highest BCUT2D eigenvalue weighted by Crippen LogP contribution is 2.26. The van der Waals surface area contributed by atoms with E-state index in [4.69, 9.17) is 5.73 Å². The molecule has 1 aliphatic heterocycles. The zero-order valence-electron chi connectivity index (χ0n) is 10.5. The van der Waals surface area contributed by atoms with E-state index in [0.717, 1.165) is 24.1 Å². The fourth-order valence-corrected chi connectivity index (χ4v) is 3.42. The van der Waals surface area contributed by atoms with Crippen LogP contribution in [0.1, 0.15) is 35.7 Å². The zero-order valence-corrected chi connectivity index (χ0v) is 11.3. The third-order valence-electron chi connectivity index (χ3n) is 3.70. The van der Waals surface area contributed by atoms with Crippen molar-refractivity contribution in [3.05, 3.63) is 21.9 Å². The maximum absolute atomic E-state index is 12.5. The molecular formula is C13H20N2OS. The summed E-state index contributed by atoms with van der Waals surface area (Å²) in [5, 5.41) is 3.97. The number of piperidine rings is 1. The molecule has 1 fully saturated rings. The molecule has 1 saturated heterocycles. The van der Waals surface area contributed by atoms with Crippen molar-refractivity contribution in [2.24, 2.45) is 11.7 Å². The number of thiophene rings is 1. The highest BCUT2D eigenvalue weighted by atomic mass is 32.1. The van der Waals surface area contributed by atoms with Gasteiger partial charge in [-0.3, -0.25) is 4.79 Å². The summed E-state index contributed by atoms with van der Waals surface area (Å²) in [6, 6.07) is 0.204. The minimum absolute atomic E-state index is 0.158. The molecule has 94 valence electrons. The van der Waals surface area contributed by atoms with Gasteiger partial charge in [-0.1, -0.05) is 6.92 Å². The summed E-state index contributed by atoms with van der Waals surface area (Å²) in [5.74, 6) is 0.669. The van der Waals surface area contributed by atoms with Crippen molar-refractivity contribution >= 4 is 17.2 Å². The molecule has 0 unspecified atom stereocenters. The average Bonchev–Trinajstić information content (AvgIpc) is 2.74. The standard InChI is InChI=1S/C13H20N2OS/c1-9-4-3-5-15(12(9)6-14)13(16)11-8-17-7-10(11)2/h7-9,12H,3-6,14H2,1-2H3/t9-,12+/m1/s1. The first-order valence-electron chi connectivity index (χ1n) is 6.19. The molecule has 1 aliphatic rings. The smallest absolute Gasteiger partial charge is 0.255 e. The highest BCUT2D eigenvalue weighted by Gasteiger charge is 2.31. The Kier molecular flexibility index (Phi) is 3.84. The van der Waals surface area contributed by atoms with E-state index in [1.807, 2.05) is 22.6 Å². The second kappa shape index (κ2) is 5.19. The third-order valence-corrected chi connectivity index (χ3v) is 4.57. The Morgan fingerprint density at radius 1 is 1.59 bits per heavy atom.